The Morgan fingerprint density at radius 3 is 2.46 bits per heavy atom. The minimum absolute atomic E-state index is 0.0174. The number of nitrogen functional groups attached to an aromatic ring is 1. The number of carbonyl (C=O) groups excluding carboxylic acids is 1. The van der Waals surface area contributed by atoms with Gasteiger partial charge in [-0.2, -0.15) is 0 Å². The summed E-state index contributed by atoms with van der Waals surface area (Å²) >= 11 is 0. The monoisotopic (exact) mass is 180 g/mol. The summed E-state index contributed by atoms with van der Waals surface area (Å²) in [5, 5.41) is 0. The molecule has 13 heavy (non-hydrogen) atoms. The van der Waals surface area contributed by atoms with Crippen molar-refractivity contribution in [3.05, 3.63) is 24.3 Å². The Bertz CT molecular complexity index is 313. The Labute approximate surface area is 76.1 Å². The molecule has 0 aliphatic rings. The van der Waals surface area contributed by atoms with Gasteiger partial charge in [0.2, 0.25) is 0 Å². The van der Waals surface area contributed by atoms with E-state index < -0.39 is 6.03 Å². The molecule has 0 unspecified atom stereocenters. The third-order valence-electron chi connectivity index (χ3n) is 1.68. The molecule has 5 nitrogen and oxygen atoms in total. The average molecular weight is 180 g/mol. The lowest BCUT2D eigenvalue weighted by Gasteiger charge is -2.19. The van der Waals surface area contributed by atoms with E-state index in [0.717, 1.165) is 0 Å². The van der Waals surface area contributed by atoms with E-state index in [4.69, 9.17) is 17.2 Å². The molecule has 1 aromatic rings. The third kappa shape index (κ3) is 1.88. The first kappa shape index (κ1) is 9.34. The van der Waals surface area contributed by atoms with Crippen LogP contribution in [-0.2, 0) is 0 Å². The smallest absolute Gasteiger partial charge is 0.320 e. The van der Waals surface area contributed by atoms with Crippen molar-refractivity contribution in [2.45, 2.75) is 0 Å². The van der Waals surface area contributed by atoms with Crippen molar-refractivity contribution in [3.63, 3.8) is 0 Å². The molecular weight excluding hydrogens is 168 g/mol. The van der Waals surface area contributed by atoms with Gasteiger partial charge in [-0.05, 0) is 12.1 Å². The summed E-state index contributed by atoms with van der Waals surface area (Å²) in [5.41, 5.74) is 17.1. The Hall–Kier alpha value is -1.75. The van der Waals surface area contributed by atoms with E-state index in [2.05, 4.69) is 0 Å². The topological polar surface area (TPSA) is 98.4 Å². The number of hydrogen-bond donors (Lipinski definition) is 3. The minimum Gasteiger partial charge on any atom is -0.397 e. The first-order valence-corrected chi connectivity index (χ1v) is 3.78. The highest BCUT2D eigenvalue weighted by molar-refractivity contribution is 5.93. The molecule has 2 amide bonds. The van der Waals surface area contributed by atoms with Gasteiger partial charge in [0.05, 0.1) is 18.0 Å². The molecule has 0 aliphatic heterocycles. The number of primary amides is 1. The quantitative estimate of drug-likeness (QED) is 0.443. The lowest BCUT2D eigenvalue weighted by atomic mass is 10.2. The van der Waals surface area contributed by atoms with E-state index in [1.54, 1.807) is 24.3 Å². The van der Waals surface area contributed by atoms with Gasteiger partial charge in [-0.25, -0.2) is 4.79 Å². The highest BCUT2D eigenvalue weighted by Crippen LogP contribution is 2.20. The fourth-order valence-corrected chi connectivity index (χ4v) is 1.04. The molecule has 70 valence electrons. The van der Waals surface area contributed by atoms with Crippen LogP contribution < -0.4 is 22.1 Å². The van der Waals surface area contributed by atoms with Crippen LogP contribution in [0.15, 0.2) is 24.3 Å². The number of carbonyl (C=O) groups is 1. The number of para-hydroxylation sites is 2. The second-order valence-electron chi connectivity index (χ2n) is 2.51. The van der Waals surface area contributed by atoms with E-state index in [0.29, 0.717) is 11.4 Å². The van der Waals surface area contributed by atoms with Gasteiger partial charge in [-0.15, -0.1) is 0 Å². The first-order valence-electron chi connectivity index (χ1n) is 3.78. The summed E-state index contributed by atoms with van der Waals surface area (Å²) in [6.45, 7) is 0.0174. The number of amides is 2. The normalized spacial score (nSPS) is 9.62. The van der Waals surface area contributed by atoms with E-state index in [1.807, 2.05) is 0 Å². The second-order valence-corrected chi connectivity index (χ2v) is 2.51. The van der Waals surface area contributed by atoms with E-state index >= 15 is 0 Å². The molecule has 1 rings (SSSR count). The molecule has 0 bridgehead atoms. The van der Waals surface area contributed by atoms with Crippen LogP contribution in [0.25, 0.3) is 0 Å². The van der Waals surface area contributed by atoms with Gasteiger partial charge in [0, 0.05) is 0 Å². The number of nitrogens with two attached hydrogens (primary N) is 3. The number of anilines is 2. The zero-order valence-corrected chi connectivity index (χ0v) is 7.10. The Kier molecular flexibility index (Phi) is 2.71. The summed E-state index contributed by atoms with van der Waals surface area (Å²) in [5.74, 6) is 0. The summed E-state index contributed by atoms with van der Waals surface area (Å²) in [6, 6.07) is 6.29. The highest BCUT2D eigenvalue weighted by Gasteiger charge is 2.11. The summed E-state index contributed by atoms with van der Waals surface area (Å²) < 4.78 is 0. The van der Waals surface area contributed by atoms with Gasteiger partial charge >= 0.3 is 6.03 Å². The molecule has 0 heterocycles. The summed E-state index contributed by atoms with van der Waals surface area (Å²) in [4.78, 5) is 12.1. The van der Waals surface area contributed by atoms with E-state index in [-0.39, 0.29) is 6.67 Å². The molecule has 1 aromatic carbocycles. The van der Waals surface area contributed by atoms with Gasteiger partial charge in [0.15, 0.2) is 0 Å². The number of hydrogen-bond acceptors (Lipinski definition) is 3. The first-order chi connectivity index (χ1) is 6.16. The maximum atomic E-state index is 10.9. The van der Waals surface area contributed by atoms with Crippen molar-refractivity contribution in [2.75, 3.05) is 17.3 Å². The molecule has 0 aliphatic carbocycles. The summed E-state index contributed by atoms with van der Waals surface area (Å²) in [7, 11) is 0. The molecule has 0 atom stereocenters. The lowest BCUT2D eigenvalue weighted by molar-refractivity contribution is 0.254. The molecule has 0 saturated carbocycles. The third-order valence-corrected chi connectivity index (χ3v) is 1.68. The van der Waals surface area contributed by atoms with Crippen molar-refractivity contribution >= 4 is 17.4 Å². The average Bonchev–Trinajstić information content (AvgIpc) is 2.09. The van der Waals surface area contributed by atoms with Crippen LogP contribution in [0.5, 0.6) is 0 Å². The lowest BCUT2D eigenvalue weighted by Crippen LogP contribution is -2.40. The number of urea groups is 1. The Morgan fingerprint density at radius 1 is 1.38 bits per heavy atom. The van der Waals surface area contributed by atoms with Crippen LogP contribution in [-0.4, -0.2) is 12.7 Å². The second kappa shape index (κ2) is 3.77. The molecule has 0 saturated heterocycles. The van der Waals surface area contributed by atoms with Gasteiger partial charge in [-0.3, -0.25) is 4.90 Å². The van der Waals surface area contributed by atoms with Gasteiger partial charge in [0.1, 0.15) is 0 Å². The van der Waals surface area contributed by atoms with Crippen LogP contribution in [0, 0.1) is 0 Å². The standard InChI is InChI=1S/C8H12N4O/c9-5-12(8(11)13)7-4-2-1-3-6(7)10/h1-4H,5,9-10H2,(H2,11,13). The van der Waals surface area contributed by atoms with Crippen molar-refractivity contribution in [1.82, 2.24) is 0 Å². The molecule has 0 radical (unpaired) electrons. The largest absolute Gasteiger partial charge is 0.397 e. The SMILES string of the molecule is NCN(C(N)=O)c1ccccc1N. The van der Waals surface area contributed by atoms with Crippen LogP contribution in [0.1, 0.15) is 0 Å². The van der Waals surface area contributed by atoms with Crippen LogP contribution in [0.4, 0.5) is 16.2 Å². The Morgan fingerprint density at radius 2 is 2.00 bits per heavy atom. The van der Waals surface area contributed by atoms with Crippen molar-refractivity contribution in [3.8, 4) is 0 Å². The molecular formula is C8H12N4O. The highest BCUT2D eigenvalue weighted by atomic mass is 16.2. The summed E-state index contributed by atoms with van der Waals surface area (Å²) in [6.07, 6.45) is 0. The fourth-order valence-electron chi connectivity index (χ4n) is 1.04. The fraction of sp³-hybridized carbons (Fsp3) is 0.125. The number of nitrogens with zero attached hydrogens (tertiary/aromatic N) is 1. The zero-order chi connectivity index (χ0) is 9.84. The van der Waals surface area contributed by atoms with Crippen LogP contribution in [0.2, 0.25) is 0 Å². The van der Waals surface area contributed by atoms with Crippen molar-refractivity contribution in [2.24, 2.45) is 11.5 Å². The predicted molar refractivity (Wildman–Crippen MR) is 52.0 cm³/mol. The molecule has 0 spiro atoms. The van der Waals surface area contributed by atoms with E-state index in [9.17, 15) is 4.79 Å². The maximum absolute atomic E-state index is 10.9. The van der Waals surface area contributed by atoms with Gasteiger partial charge in [-0.1, -0.05) is 12.1 Å². The van der Waals surface area contributed by atoms with Crippen LogP contribution >= 0.6 is 0 Å². The number of benzene rings is 1. The van der Waals surface area contributed by atoms with Crippen LogP contribution in [0.3, 0.4) is 0 Å². The predicted octanol–water partition coefficient (Wildman–Crippen LogP) is 0.0701. The molecule has 0 aromatic heterocycles. The minimum atomic E-state index is -0.611. The Balaban J connectivity index is 3.04. The zero-order valence-electron chi connectivity index (χ0n) is 7.10. The number of rotatable bonds is 2. The van der Waals surface area contributed by atoms with Crippen molar-refractivity contribution < 1.29 is 4.79 Å². The van der Waals surface area contributed by atoms with Gasteiger partial charge in [0.25, 0.3) is 0 Å². The van der Waals surface area contributed by atoms with Crippen molar-refractivity contribution in [1.29, 1.82) is 0 Å². The van der Waals surface area contributed by atoms with E-state index in [1.165, 1.54) is 4.90 Å². The van der Waals surface area contributed by atoms with Gasteiger partial charge < -0.3 is 17.2 Å². The molecule has 5 heteroatoms. The maximum Gasteiger partial charge on any atom is 0.320 e. The molecule has 0 fully saturated rings. The molecule has 6 N–H and O–H groups in total.